The molecule has 0 aliphatic carbocycles. The first kappa shape index (κ1) is 7.04. The molecule has 1 nitrogen and oxygen atoms in total. The molecule has 2 rings (SSSR count). The number of hydrogen-bond acceptors (Lipinski definition) is 1. The summed E-state index contributed by atoms with van der Waals surface area (Å²) in [6, 6.07) is 6.21. The van der Waals surface area contributed by atoms with E-state index in [1.54, 1.807) is 0 Å². The zero-order valence-corrected chi connectivity index (χ0v) is 7.85. The van der Waals surface area contributed by atoms with Gasteiger partial charge in [0.1, 0.15) is 0 Å². The fourth-order valence-corrected chi connectivity index (χ4v) is 1.73. The third kappa shape index (κ3) is 1.23. The van der Waals surface area contributed by atoms with E-state index in [-0.39, 0.29) is 0 Å². The summed E-state index contributed by atoms with van der Waals surface area (Å²) >= 11 is 3.43. The number of halogens is 1. The number of nitrogens with zero attached hydrogens (tertiary/aromatic N) is 1. The average Bonchev–Trinajstić information content (AvgIpc) is 2.27. The van der Waals surface area contributed by atoms with Crippen LogP contribution in [0.15, 0.2) is 27.7 Å². The topological polar surface area (TPSA) is 12.4 Å². The third-order valence-corrected chi connectivity index (χ3v) is 2.29. The molecule has 0 unspecified atom stereocenters. The highest BCUT2D eigenvalue weighted by atomic mass is 79.9. The first-order valence-corrected chi connectivity index (χ1v) is 4.37. The number of benzene rings is 1. The zero-order chi connectivity index (χ0) is 7.84. The van der Waals surface area contributed by atoms with Gasteiger partial charge in [-0.1, -0.05) is 15.9 Å². The molecule has 0 atom stereocenters. The lowest BCUT2D eigenvalue weighted by Crippen LogP contribution is -1.88. The van der Waals surface area contributed by atoms with Crippen molar-refractivity contribution < 1.29 is 0 Å². The van der Waals surface area contributed by atoms with Crippen LogP contribution in [-0.4, -0.2) is 5.71 Å². The van der Waals surface area contributed by atoms with E-state index in [1.807, 2.05) is 6.07 Å². The maximum absolute atomic E-state index is 4.39. The Morgan fingerprint density at radius 1 is 1.45 bits per heavy atom. The molecule has 0 amide bonds. The minimum Gasteiger partial charge on any atom is -0.257 e. The lowest BCUT2D eigenvalue weighted by molar-refractivity contribution is 1.37. The highest BCUT2D eigenvalue weighted by molar-refractivity contribution is 9.10. The second-order valence-corrected chi connectivity index (χ2v) is 3.71. The van der Waals surface area contributed by atoms with Crippen molar-refractivity contribution in [1.82, 2.24) is 0 Å². The largest absolute Gasteiger partial charge is 0.257 e. The Morgan fingerprint density at radius 3 is 3.09 bits per heavy atom. The Labute approximate surface area is 74.3 Å². The molecule has 0 saturated carbocycles. The van der Waals surface area contributed by atoms with Crippen LogP contribution >= 0.6 is 15.9 Å². The van der Waals surface area contributed by atoms with Crippen LogP contribution in [0.5, 0.6) is 0 Å². The minimum atomic E-state index is 1.01. The molecule has 1 aromatic rings. The highest BCUT2D eigenvalue weighted by Gasteiger charge is 2.10. The predicted molar refractivity (Wildman–Crippen MR) is 50.6 cm³/mol. The standard InChI is InChI=1S/C9H8BrN/c1-6-4-7-5-8(10)2-3-9(7)11-6/h2-3,5H,4H2,1H3. The third-order valence-electron chi connectivity index (χ3n) is 1.80. The van der Waals surface area contributed by atoms with Gasteiger partial charge < -0.3 is 0 Å². The zero-order valence-electron chi connectivity index (χ0n) is 6.26. The Bertz CT molecular complexity index is 328. The summed E-state index contributed by atoms with van der Waals surface area (Å²) in [5.74, 6) is 0. The van der Waals surface area contributed by atoms with E-state index in [1.165, 1.54) is 11.3 Å². The van der Waals surface area contributed by atoms with Crippen molar-refractivity contribution in [3.63, 3.8) is 0 Å². The fraction of sp³-hybridized carbons (Fsp3) is 0.222. The Morgan fingerprint density at radius 2 is 2.27 bits per heavy atom. The van der Waals surface area contributed by atoms with Crippen LogP contribution in [0.3, 0.4) is 0 Å². The molecule has 56 valence electrons. The van der Waals surface area contributed by atoms with E-state index in [0.717, 1.165) is 16.6 Å². The molecular weight excluding hydrogens is 202 g/mol. The maximum atomic E-state index is 4.39. The van der Waals surface area contributed by atoms with Crippen LogP contribution in [0.1, 0.15) is 12.5 Å². The molecule has 11 heavy (non-hydrogen) atoms. The van der Waals surface area contributed by atoms with Crippen molar-refractivity contribution >= 4 is 27.3 Å². The molecule has 0 radical (unpaired) electrons. The summed E-state index contributed by atoms with van der Waals surface area (Å²) in [5.41, 5.74) is 3.67. The van der Waals surface area contributed by atoms with Crippen LogP contribution in [0, 0.1) is 0 Å². The molecule has 1 heterocycles. The summed E-state index contributed by atoms with van der Waals surface area (Å²) in [4.78, 5) is 4.39. The monoisotopic (exact) mass is 209 g/mol. The van der Waals surface area contributed by atoms with Gasteiger partial charge in [0.25, 0.3) is 0 Å². The first-order valence-electron chi connectivity index (χ1n) is 3.58. The van der Waals surface area contributed by atoms with Crippen molar-refractivity contribution in [2.45, 2.75) is 13.3 Å². The molecule has 1 aliphatic heterocycles. The van der Waals surface area contributed by atoms with Gasteiger partial charge in [0.15, 0.2) is 0 Å². The summed E-state index contributed by atoms with van der Waals surface area (Å²) in [7, 11) is 0. The van der Waals surface area contributed by atoms with Gasteiger partial charge in [-0.2, -0.15) is 0 Å². The van der Waals surface area contributed by atoms with E-state index in [9.17, 15) is 0 Å². The molecule has 0 saturated heterocycles. The van der Waals surface area contributed by atoms with Gasteiger partial charge in [-0.25, -0.2) is 0 Å². The van der Waals surface area contributed by atoms with Gasteiger partial charge in [-0.3, -0.25) is 4.99 Å². The quantitative estimate of drug-likeness (QED) is 0.623. The molecule has 1 aromatic carbocycles. The second-order valence-electron chi connectivity index (χ2n) is 2.80. The Hall–Kier alpha value is -0.630. The minimum absolute atomic E-state index is 1.01. The van der Waals surface area contributed by atoms with E-state index in [0.29, 0.717) is 0 Å². The SMILES string of the molecule is CC1=Nc2ccc(Br)cc2C1. The summed E-state index contributed by atoms with van der Waals surface area (Å²) in [5, 5.41) is 0. The molecular formula is C9H8BrN. The van der Waals surface area contributed by atoms with Crippen LogP contribution < -0.4 is 0 Å². The molecule has 0 bridgehead atoms. The molecule has 1 aliphatic rings. The van der Waals surface area contributed by atoms with Crippen molar-refractivity contribution in [1.29, 1.82) is 0 Å². The van der Waals surface area contributed by atoms with E-state index in [2.05, 4.69) is 40.0 Å². The summed E-state index contributed by atoms with van der Waals surface area (Å²) in [6.45, 7) is 2.06. The van der Waals surface area contributed by atoms with Crippen LogP contribution in [0.4, 0.5) is 5.69 Å². The van der Waals surface area contributed by atoms with Gasteiger partial charge in [0, 0.05) is 16.6 Å². The van der Waals surface area contributed by atoms with Gasteiger partial charge in [0.2, 0.25) is 0 Å². The second kappa shape index (κ2) is 2.45. The molecule has 0 fully saturated rings. The first-order chi connectivity index (χ1) is 5.25. The summed E-state index contributed by atoms with van der Waals surface area (Å²) in [6.07, 6.45) is 1.01. The lowest BCUT2D eigenvalue weighted by Gasteiger charge is -1.95. The average molecular weight is 210 g/mol. The van der Waals surface area contributed by atoms with Crippen LogP contribution in [0.25, 0.3) is 0 Å². The van der Waals surface area contributed by atoms with Gasteiger partial charge in [-0.05, 0) is 30.7 Å². The number of aliphatic imine (C=N–C) groups is 1. The van der Waals surface area contributed by atoms with E-state index in [4.69, 9.17) is 0 Å². The van der Waals surface area contributed by atoms with Gasteiger partial charge in [-0.15, -0.1) is 0 Å². The van der Waals surface area contributed by atoms with Crippen molar-refractivity contribution in [3.05, 3.63) is 28.2 Å². The molecule has 0 N–H and O–H groups in total. The lowest BCUT2D eigenvalue weighted by atomic mass is 10.1. The van der Waals surface area contributed by atoms with E-state index < -0.39 is 0 Å². The highest BCUT2D eigenvalue weighted by Crippen LogP contribution is 2.28. The van der Waals surface area contributed by atoms with Crippen LogP contribution in [-0.2, 0) is 6.42 Å². The molecule has 0 spiro atoms. The summed E-state index contributed by atoms with van der Waals surface area (Å²) < 4.78 is 1.14. The van der Waals surface area contributed by atoms with Crippen molar-refractivity contribution in [3.8, 4) is 0 Å². The van der Waals surface area contributed by atoms with Crippen LogP contribution in [0.2, 0.25) is 0 Å². The molecule has 0 aromatic heterocycles. The molecule has 2 heteroatoms. The number of hydrogen-bond donors (Lipinski definition) is 0. The Kier molecular flexibility index (Phi) is 1.57. The van der Waals surface area contributed by atoms with E-state index >= 15 is 0 Å². The van der Waals surface area contributed by atoms with Crippen molar-refractivity contribution in [2.24, 2.45) is 4.99 Å². The normalized spacial score (nSPS) is 14.5. The fourth-order valence-electron chi connectivity index (χ4n) is 1.33. The smallest absolute Gasteiger partial charge is 0.0665 e. The number of rotatable bonds is 0. The number of fused-ring (bicyclic) bond motifs is 1. The maximum Gasteiger partial charge on any atom is 0.0665 e. The van der Waals surface area contributed by atoms with Gasteiger partial charge >= 0.3 is 0 Å². The Balaban J connectivity index is 2.52. The van der Waals surface area contributed by atoms with Crippen molar-refractivity contribution in [2.75, 3.05) is 0 Å². The van der Waals surface area contributed by atoms with Gasteiger partial charge in [0.05, 0.1) is 5.69 Å². The predicted octanol–water partition coefficient (Wildman–Crippen LogP) is 3.10.